The van der Waals surface area contributed by atoms with Gasteiger partial charge in [0.2, 0.25) is 11.7 Å². The zero-order valence-corrected chi connectivity index (χ0v) is 23.1. The number of benzene rings is 2. The van der Waals surface area contributed by atoms with Crippen LogP contribution in [0.15, 0.2) is 76.3 Å². The molecule has 3 amide bonds. The quantitative estimate of drug-likeness (QED) is 0.179. The first-order valence-corrected chi connectivity index (χ1v) is 13.4. The highest BCUT2D eigenvalue weighted by molar-refractivity contribution is 9.11. The Morgan fingerprint density at radius 3 is 2.28 bits per heavy atom. The van der Waals surface area contributed by atoms with E-state index >= 15 is 0 Å². The van der Waals surface area contributed by atoms with Crippen molar-refractivity contribution in [2.75, 3.05) is 17.2 Å². The SMILES string of the molecule is Cn1ccnc1C(=O)/C=C/c1ccc(C(=O)Nc2ccc(NC(=O)CCNC(=O)c3csc(Br)n3)cc2)cc1. The van der Waals surface area contributed by atoms with Crippen molar-refractivity contribution in [2.24, 2.45) is 7.05 Å². The summed E-state index contributed by atoms with van der Waals surface area (Å²) in [4.78, 5) is 57.0. The average molecular weight is 607 g/mol. The fourth-order valence-electron chi connectivity index (χ4n) is 3.39. The number of imidazole rings is 1. The Labute approximate surface area is 236 Å². The van der Waals surface area contributed by atoms with Gasteiger partial charge in [0.15, 0.2) is 9.74 Å². The molecule has 0 aliphatic carbocycles. The van der Waals surface area contributed by atoms with E-state index in [4.69, 9.17) is 0 Å². The van der Waals surface area contributed by atoms with Gasteiger partial charge in [-0.25, -0.2) is 9.97 Å². The summed E-state index contributed by atoms with van der Waals surface area (Å²) in [6.45, 7) is 0.170. The summed E-state index contributed by atoms with van der Waals surface area (Å²) in [6, 6.07) is 13.5. The Kier molecular flexibility index (Phi) is 9.13. The third kappa shape index (κ3) is 7.79. The van der Waals surface area contributed by atoms with Crippen molar-refractivity contribution < 1.29 is 19.2 Å². The largest absolute Gasteiger partial charge is 0.350 e. The molecule has 2 aromatic carbocycles. The molecule has 0 saturated heterocycles. The van der Waals surface area contributed by atoms with Crippen molar-refractivity contribution in [3.05, 3.63) is 98.9 Å². The fourth-order valence-corrected chi connectivity index (χ4v) is 4.39. The van der Waals surface area contributed by atoms with Crippen LogP contribution in [0.5, 0.6) is 0 Å². The molecule has 0 aliphatic rings. The van der Waals surface area contributed by atoms with E-state index in [1.807, 2.05) is 0 Å². The van der Waals surface area contributed by atoms with Crippen molar-refractivity contribution >= 4 is 68.2 Å². The zero-order valence-electron chi connectivity index (χ0n) is 20.7. The number of amides is 3. The molecule has 4 rings (SSSR count). The van der Waals surface area contributed by atoms with Crippen LogP contribution in [-0.2, 0) is 11.8 Å². The Morgan fingerprint density at radius 1 is 0.974 bits per heavy atom. The number of aromatic nitrogens is 3. The summed E-state index contributed by atoms with van der Waals surface area (Å²) in [7, 11) is 1.75. The Morgan fingerprint density at radius 2 is 1.67 bits per heavy atom. The summed E-state index contributed by atoms with van der Waals surface area (Å²) in [5, 5.41) is 9.84. The molecule has 2 aromatic heterocycles. The minimum absolute atomic E-state index is 0.0951. The van der Waals surface area contributed by atoms with E-state index < -0.39 is 0 Å². The molecule has 0 unspecified atom stereocenters. The maximum absolute atomic E-state index is 12.6. The van der Waals surface area contributed by atoms with Gasteiger partial charge in [-0.3, -0.25) is 19.2 Å². The molecular weight excluding hydrogens is 584 g/mol. The third-order valence-corrected chi connectivity index (χ3v) is 6.78. The van der Waals surface area contributed by atoms with Gasteiger partial charge < -0.3 is 20.5 Å². The predicted octanol–water partition coefficient (Wildman–Crippen LogP) is 4.55. The molecule has 0 bridgehead atoms. The molecular formula is C27H23BrN6O4S. The van der Waals surface area contributed by atoms with E-state index in [9.17, 15) is 19.2 Å². The molecule has 198 valence electrons. The summed E-state index contributed by atoms with van der Waals surface area (Å²) in [5.74, 6) is -0.767. The molecule has 10 nitrogen and oxygen atoms in total. The number of hydrogen-bond acceptors (Lipinski definition) is 7. The van der Waals surface area contributed by atoms with Gasteiger partial charge in [-0.1, -0.05) is 18.2 Å². The van der Waals surface area contributed by atoms with Crippen LogP contribution in [-0.4, -0.2) is 44.6 Å². The minimum Gasteiger partial charge on any atom is -0.350 e. The van der Waals surface area contributed by atoms with Gasteiger partial charge in [0.25, 0.3) is 11.8 Å². The second kappa shape index (κ2) is 12.9. The summed E-state index contributed by atoms with van der Waals surface area (Å²) < 4.78 is 2.26. The molecule has 0 saturated carbocycles. The highest BCUT2D eigenvalue weighted by Crippen LogP contribution is 2.17. The van der Waals surface area contributed by atoms with E-state index in [1.165, 1.54) is 17.4 Å². The van der Waals surface area contributed by atoms with Gasteiger partial charge in [-0.2, -0.15) is 0 Å². The number of halogens is 1. The molecule has 0 radical (unpaired) electrons. The molecule has 39 heavy (non-hydrogen) atoms. The second-order valence-electron chi connectivity index (χ2n) is 8.25. The zero-order chi connectivity index (χ0) is 27.8. The number of ketones is 1. The number of allylic oxidation sites excluding steroid dienone is 1. The monoisotopic (exact) mass is 606 g/mol. The molecule has 0 spiro atoms. The molecule has 12 heteroatoms. The lowest BCUT2D eigenvalue weighted by Crippen LogP contribution is -2.27. The number of thiazole rings is 1. The second-order valence-corrected chi connectivity index (χ2v) is 10.4. The number of nitrogens with one attached hydrogen (secondary N) is 3. The highest BCUT2D eigenvalue weighted by atomic mass is 79.9. The Bertz CT molecular complexity index is 1530. The number of anilines is 2. The lowest BCUT2D eigenvalue weighted by molar-refractivity contribution is -0.116. The van der Waals surface area contributed by atoms with Crippen molar-refractivity contribution in [3.8, 4) is 0 Å². The first-order valence-electron chi connectivity index (χ1n) is 11.7. The van der Waals surface area contributed by atoms with E-state index in [1.54, 1.807) is 84.0 Å². The first kappa shape index (κ1) is 27.6. The number of rotatable bonds is 10. The van der Waals surface area contributed by atoms with Crippen molar-refractivity contribution in [3.63, 3.8) is 0 Å². The van der Waals surface area contributed by atoms with Crippen LogP contribution in [0.25, 0.3) is 6.08 Å². The maximum atomic E-state index is 12.6. The lowest BCUT2D eigenvalue weighted by atomic mass is 10.1. The molecule has 0 fully saturated rings. The molecule has 2 heterocycles. The number of aryl methyl sites for hydroxylation is 1. The van der Waals surface area contributed by atoms with Gasteiger partial charge in [0.05, 0.1) is 0 Å². The van der Waals surface area contributed by atoms with Crippen LogP contribution in [0.3, 0.4) is 0 Å². The van der Waals surface area contributed by atoms with Gasteiger partial charge >= 0.3 is 0 Å². The average Bonchev–Trinajstić information content (AvgIpc) is 3.56. The lowest BCUT2D eigenvalue weighted by Gasteiger charge is -2.09. The van der Waals surface area contributed by atoms with Crippen LogP contribution in [0, 0.1) is 0 Å². The van der Waals surface area contributed by atoms with Crippen LogP contribution >= 0.6 is 27.3 Å². The van der Waals surface area contributed by atoms with Crippen molar-refractivity contribution in [2.45, 2.75) is 6.42 Å². The fraction of sp³-hybridized carbons (Fsp3) is 0.111. The maximum Gasteiger partial charge on any atom is 0.270 e. The molecule has 3 N–H and O–H groups in total. The van der Waals surface area contributed by atoms with E-state index in [0.717, 1.165) is 5.56 Å². The first-order chi connectivity index (χ1) is 18.8. The van der Waals surface area contributed by atoms with Crippen molar-refractivity contribution in [1.82, 2.24) is 19.9 Å². The number of hydrogen-bond donors (Lipinski definition) is 3. The van der Waals surface area contributed by atoms with Gasteiger partial charge in [0, 0.05) is 54.7 Å². The Hall–Kier alpha value is -4.42. The van der Waals surface area contributed by atoms with E-state index in [0.29, 0.717) is 32.4 Å². The van der Waals surface area contributed by atoms with Gasteiger partial charge in [0.1, 0.15) is 5.69 Å². The number of carbonyl (C=O) groups excluding carboxylic acids is 4. The highest BCUT2D eigenvalue weighted by Gasteiger charge is 2.11. The van der Waals surface area contributed by atoms with Crippen LogP contribution in [0.4, 0.5) is 11.4 Å². The molecule has 4 aromatic rings. The number of nitrogens with zero attached hydrogens (tertiary/aromatic N) is 3. The van der Waals surface area contributed by atoms with Crippen LogP contribution < -0.4 is 16.0 Å². The standard InChI is InChI=1S/C27H23BrN6O4S/c1-34-15-14-29-24(34)22(35)11-4-17-2-5-18(6-3-17)25(37)32-20-9-7-19(8-10-20)31-23(36)12-13-30-26(38)21-16-39-27(28)33-21/h2-11,14-16H,12-13H2,1H3,(H,30,38)(H,31,36)(H,32,37)/b11-4+. The van der Waals surface area contributed by atoms with Gasteiger partial charge in [-0.15, -0.1) is 11.3 Å². The Balaban J connectivity index is 1.23. The normalized spacial score (nSPS) is 10.8. The molecule has 0 aliphatic heterocycles. The minimum atomic E-state index is -0.341. The van der Waals surface area contributed by atoms with Crippen LogP contribution in [0.1, 0.15) is 43.4 Å². The smallest absolute Gasteiger partial charge is 0.270 e. The molecule has 0 atom stereocenters. The van der Waals surface area contributed by atoms with Crippen molar-refractivity contribution in [1.29, 1.82) is 0 Å². The van der Waals surface area contributed by atoms with Crippen LogP contribution in [0.2, 0.25) is 0 Å². The van der Waals surface area contributed by atoms with Gasteiger partial charge in [-0.05, 0) is 64.0 Å². The number of carbonyl (C=O) groups is 4. The third-order valence-electron chi connectivity index (χ3n) is 5.41. The van der Waals surface area contributed by atoms with E-state index in [-0.39, 0.29) is 36.5 Å². The van der Waals surface area contributed by atoms with E-state index in [2.05, 4.69) is 41.8 Å². The topological polar surface area (TPSA) is 135 Å². The summed E-state index contributed by atoms with van der Waals surface area (Å²) in [5.41, 5.74) is 2.64. The predicted molar refractivity (Wildman–Crippen MR) is 153 cm³/mol. The summed E-state index contributed by atoms with van der Waals surface area (Å²) >= 11 is 4.51. The summed E-state index contributed by atoms with van der Waals surface area (Å²) in [6.07, 6.45) is 6.47.